The Bertz CT molecular complexity index is 1280. The van der Waals surface area contributed by atoms with Crippen LogP contribution in [0.2, 0.25) is 0 Å². The number of fused-ring (bicyclic) bond motifs is 5. The van der Waals surface area contributed by atoms with Crippen molar-refractivity contribution in [2.75, 3.05) is 19.7 Å². The summed E-state index contributed by atoms with van der Waals surface area (Å²) in [6.07, 6.45) is 4.40. The maximum atomic E-state index is 17.4. The number of nitrogens with one attached hydrogen (secondary N) is 2. The normalized spacial score (nSPS) is 40.1. The smallest absolute Gasteiger partial charge is 0.265 e. The minimum atomic E-state index is -2.09. The van der Waals surface area contributed by atoms with Crippen LogP contribution in [0.1, 0.15) is 53.4 Å². The number of hydrogen-bond donors (Lipinski definition) is 5. The van der Waals surface area contributed by atoms with E-state index in [1.165, 1.54) is 13.0 Å². The predicted octanol–water partition coefficient (Wildman–Crippen LogP) is 1.10. The zero-order valence-electron chi connectivity index (χ0n) is 24.0. The van der Waals surface area contributed by atoms with Gasteiger partial charge >= 0.3 is 0 Å². The van der Waals surface area contributed by atoms with Crippen molar-refractivity contribution in [2.45, 2.75) is 70.8 Å². The van der Waals surface area contributed by atoms with E-state index in [1.54, 1.807) is 32.9 Å². The van der Waals surface area contributed by atoms with E-state index in [0.29, 0.717) is 30.5 Å². The average Bonchev–Trinajstić information content (AvgIpc) is 3.12. The van der Waals surface area contributed by atoms with Gasteiger partial charge in [-0.05, 0) is 63.5 Å². The maximum Gasteiger partial charge on any atom is 0.265 e. The second kappa shape index (κ2) is 10.7. The molecule has 224 valence electrons. The molecule has 3 saturated carbocycles. The van der Waals surface area contributed by atoms with Gasteiger partial charge in [-0.25, -0.2) is 9.38 Å². The van der Waals surface area contributed by atoms with E-state index in [2.05, 4.69) is 22.2 Å². The lowest BCUT2D eigenvalue weighted by Crippen LogP contribution is -2.69. The molecule has 0 aromatic rings. The van der Waals surface area contributed by atoms with Gasteiger partial charge < -0.3 is 26.0 Å². The number of carbonyl (C=O) groups is 4. The van der Waals surface area contributed by atoms with Crippen molar-refractivity contribution >= 4 is 29.2 Å². The molecule has 4 unspecified atom stereocenters. The van der Waals surface area contributed by atoms with Gasteiger partial charge in [-0.3, -0.25) is 19.2 Å². The second-order valence-electron chi connectivity index (χ2n) is 12.5. The Morgan fingerprint density at radius 3 is 2.49 bits per heavy atom. The van der Waals surface area contributed by atoms with Gasteiger partial charge in [0.05, 0.1) is 24.9 Å². The first-order valence-corrected chi connectivity index (χ1v) is 14.0. The van der Waals surface area contributed by atoms with Crippen LogP contribution in [0.3, 0.4) is 0 Å². The Hall–Kier alpha value is -3.02. The number of ketones is 1. The van der Waals surface area contributed by atoms with Gasteiger partial charge in [-0.15, -0.1) is 0 Å². The number of aliphatic hydroxyl groups excluding tert-OH is 2. The molecule has 41 heavy (non-hydrogen) atoms. The number of halogens is 1. The monoisotopic (exact) mass is 573 g/mol. The van der Waals surface area contributed by atoms with Gasteiger partial charge in [-0.1, -0.05) is 32.1 Å². The van der Waals surface area contributed by atoms with Crippen LogP contribution >= 0.6 is 0 Å². The van der Waals surface area contributed by atoms with Crippen LogP contribution < -0.4 is 10.6 Å². The Morgan fingerprint density at radius 1 is 1.17 bits per heavy atom. The zero-order chi connectivity index (χ0) is 30.5. The number of alkyl halides is 1. The summed E-state index contributed by atoms with van der Waals surface area (Å²) in [5, 5.41) is 37.4. The maximum absolute atomic E-state index is 17.4. The number of aliphatic imine (C=N–C) groups is 1. The topological polar surface area (TPSA) is 165 Å². The summed E-state index contributed by atoms with van der Waals surface area (Å²) in [6, 6.07) is 0. The number of Topliss-reactive ketones (excluding diaryl/α,β-unsaturated/α-hetero) is 1. The van der Waals surface area contributed by atoms with E-state index in [9.17, 15) is 34.5 Å². The van der Waals surface area contributed by atoms with Gasteiger partial charge in [0, 0.05) is 22.3 Å². The van der Waals surface area contributed by atoms with Crippen molar-refractivity contribution < 1.29 is 38.9 Å². The van der Waals surface area contributed by atoms with Gasteiger partial charge in [-0.2, -0.15) is 0 Å². The highest BCUT2D eigenvalue weighted by atomic mass is 19.1. The molecule has 3 amide bonds. The van der Waals surface area contributed by atoms with E-state index in [-0.39, 0.29) is 25.1 Å². The number of hydrogen-bond acceptors (Lipinski definition) is 7. The van der Waals surface area contributed by atoms with Gasteiger partial charge in [0.15, 0.2) is 11.5 Å². The molecule has 4 aliphatic carbocycles. The molecule has 4 aliphatic rings. The Labute approximate surface area is 238 Å². The summed E-state index contributed by atoms with van der Waals surface area (Å²) in [5.74, 6) is -3.92. The van der Waals surface area contributed by atoms with Crippen LogP contribution in [0, 0.1) is 28.6 Å². The molecule has 0 radical (unpaired) electrons. The van der Waals surface area contributed by atoms with E-state index < -0.39 is 76.1 Å². The van der Waals surface area contributed by atoms with Crippen LogP contribution in [-0.2, 0) is 19.2 Å². The van der Waals surface area contributed by atoms with Gasteiger partial charge in [0.1, 0.15) is 12.2 Å². The van der Waals surface area contributed by atoms with Crippen LogP contribution in [0.5, 0.6) is 0 Å². The third-order valence-corrected chi connectivity index (χ3v) is 10.3. The van der Waals surface area contributed by atoms with Gasteiger partial charge in [0.25, 0.3) is 5.91 Å². The first-order valence-electron chi connectivity index (χ1n) is 14.0. The summed E-state index contributed by atoms with van der Waals surface area (Å²) >= 11 is 0. The summed E-state index contributed by atoms with van der Waals surface area (Å²) in [7, 11) is 0. The fourth-order valence-corrected chi connectivity index (χ4v) is 8.07. The molecule has 5 N–H and O–H groups in total. The number of amides is 3. The number of nitrogens with zero attached hydrogens (tertiary/aromatic N) is 1. The summed E-state index contributed by atoms with van der Waals surface area (Å²) in [5.41, 5.74) is -5.05. The molecule has 8 atom stereocenters. The molecule has 3 fully saturated rings. The lowest BCUT2D eigenvalue weighted by molar-refractivity contribution is -0.219. The third-order valence-electron chi connectivity index (χ3n) is 10.3. The first kappa shape index (κ1) is 30.9. The van der Waals surface area contributed by atoms with E-state index in [0.717, 1.165) is 0 Å². The number of allylic oxidation sites excluding steroid dienone is 4. The Balaban J connectivity index is 1.52. The van der Waals surface area contributed by atoms with E-state index in [1.807, 2.05) is 0 Å². The van der Waals surface area contributed by atoms with Crippen molar-refractivity contribution in [3.63, 3.8) is 0 Å². The molecule has 4 rings (SSSR count). The number of aliphatic hydroxyl groups is 3. The van der Waals surface area contributed by atoms with Crippen LogP contribution in [0.4, 0.5) is 4.39 Å². The molecule has 0 saturated heterocycles. The molecule has 0 heterocycles. The molecule has 0 aromatic heterocycles. The van der Waals surface area contributed by atoms with Crippen LogP contribution in [0.25, 0.3) is 0 Å². The Kier molecular flexibility index (Phi) is 8.05. The highest BCUT2D eigenvalue weighted by Gasteiger charge is 2.75. The van der Waals surface area contributed by atoms with Crippen LogP contribution in [-0.4, -0.2) is 81.6 Å². The molecule has 0 aliphatic heterocycles. The average molecular weight is 574 g/mol. The molecule has 0 bridgehead atoms. The Morgan fingerprint density at radius 2 is 1.85 bits per heavy atom. The fourth-order valence-electron chi connectivity index (χ4n) is 8.07. The van der Waals surface area contributed by atoms with E-state index in [4.69, 9.17) is 0 Å². The molecule has 10 nitrogen and oxygen atoms in total. The van der Waals surface area contributed by atoms with Crippen LogP contribution in [0.15, 0.2) is 40.9 Å². The largest absolute Gasteiger partial charge is 0.390 e. The summed E-state index contributed by atoms with van der Waals surface area (Å²) in [6.45, 7) is 8.63. The molecular formula is C30H40FN3O7. The highest BCUT2D eigenvalue weighted by molar-refractivity contribution is 6.11. The van der Waals surface area contributed by atoms with Crippen molar-refractivity contribution in [2.24, 2.45) is 33.6 Å². The second-order valence-corrected chi connectivity index (χ2v) is 12.5. The lowest BCUT2D eigenvalue weighted by atomic mass is 9.44. The molecular weight excluding hydrogens is 533 g/mol. The minimum absolute atomic E-state index is 0.139. The highest BCUT2D eigenvalue weighted by Crippen LogP contribution is 2.70. The van der Waals surface area contributed by atoms with Crippen molar-refractivity contribution in [3.05, 3.63) is 36.0 Å². The lowest BCUT2D eigenvalue weighted by Gasteiger charge is -2.62. The first-order chi connectivity index (χ1) is 19.1. The summed E-state index contributed by atoms with van der Waals surface area (Å²) < 4.78 is 17.4. The SMILES string of the molecule is C=C(C)C(=O)NCC(=O)NCC(=O)/N=C1\C=CC2(C)C(=C1)CCC1[C@@H]3C[C@@H](C)[C@](O)(C(=O)CO)C3(C)CC(O)[C@@]12F. The van der Waals surface area contributed by atoms with Crippen molar-refractivity contribution in [3.8, 4) is 0 Å². The standard InChI is InChI=1S/C30H40FN3O7/c1-16(2)26(40)33-13-24(38)32-14-25(39)34-19-8-9-27(4)18(11-19)6-7-20-21-10-17(3)30(41,23(37)15-35)28(21,5)12-22(36)29(20,27)31/h8-9,11,17,20-22,35-36,41H,1,6-7,10,12-15H2,2-5H3,(H,32,38)(H,33,40)/b34-19+/t17-,20?,21+,22?,27?,28?,29+,30+/m1/s1. The molecule has 0 aromatic carbocycles. The number of rotatable bonds is 7. The zero-order valence-corrected chi connectivity index (χ0v) is 24.0. The quantitative estimate of drug-likeness (QED) is 0.285. The molecule has 0 spiro atoms. The summed E-state index contributed by atoms with van der Waals surface area (Å²) in [4.78, 5) is 52.6. The molecule has 11 heteroatoms. The third kappa shape index (κ3) is 4.62. The van der Waals surface area contributed by atoms with Crippen molar-refractivity contribution in [1.82, 2.24) is 10.6 Å². The fraction of sp³-hybridized carbons (Fsp3) is 0.633. The number of carbonyl (C=O) groups excluding carboxylic acids is 4. The van der Waals surface area contributed by atoms with E-state index >= 15 is 4.39 Å². The van der Waals surface area contributed by atoms with Gasteiger partial charge in [0.2, 0.25) is 11.8 Å². The minimum Gasteiger partial charge on any atom is -0.390 e. The predicted molar refractivity (Wildman–Crippen MR) is 148 cm³/mol. The van der Waals surface area contributed by atoms with Crippen molar-refractivity contribution in [1.29, 1.82) is 0 Å².